The molecule has 146 valence electrons. The standard InChI is InChI=1S/C17H16FN5O3S2/c1-10(26-12-6-4-11(18)5-7-12)16(25)21-19-14(24)9-23-15(20-22-17(23)27)13-3-2-8-28-13/h2-8,10H,9H2,1H3,(H,19,24)(H,21,25)(H,22,27). The van der Waals surface area contributed by atoms with Crippen LogP contribution in [-0.2, 0) is 16.1 Å². The Balaban J connectivity index is 1.54. The van der Waals surface area contributed by atoms with Crippen molar-refractivity contribution in [1.29, 1.82) is 0 Å². The molecule has 0 saturated heterocycles. The number of aromatic nitrogens is 3. The minimum atomic E-state index is -0.900. The first-order chi connectivity index (χ1) is 13.4. The van der Waals surface area contributed by atoms with Gasteiger partial charge in [-0.2, -0.15) is 5.10 Å². The van der Waals surface area contributed by atoms with E-state index in [4.69, 9.17) is 17.0 Å². The van der Waals surface area contributed by atoms with Crippen molar-refractivity contribution >= 4 is 35.4 Å². The van der Waals surface area contributed by atoms with Crippen LogP contribution < -0.4 is 15.6 Å². The zero-order chi connectivity index (χ0) is 20.1. The maximum atomic E-state index is 12.9. The third kappa shape index (κ3) is 4.81. The number of benzene rings is 1. The van der Waals surface area contributed by atoms with Gasteiger partial charge in [-0.3, -0.25) is 30.1 Å². The van der Waals surface area contributed by atoms with Crippen LogP contribution in [0.1, 0.15) is 6.92 Å². The van der Waals surface area contributed by atoms with E-state index >= 15 is 0 Å². The van der Waals surface area contributed by atoms with Crippen LogP contribution in [0.15, 0.2) is 41.8 Å². The fourth-order valence-electron chi connectivity index (χ4n) is 2.25. The number of rotatable bonds is 6. The van der Waals surface area contributed by atoms with E-state index in [1.165, 1.54) is 47.1 Å². The Kier molecular flexibility index (Phi) is 6.16. The molecule has 0 aliphatic rings. The average molecular weight is 421 g/mol. The molecule has 11 heteroatoms. The number of carbonyl (C=O) groups excluding carboxylic acids is 2. The highest BCUT2D eigenvalue weighted by atomic mass is 32.1. The third-order valence-electron chi connectivity index (χ3n) is 3.62. The lowest BCUT2D eigenvalue weighted by atomic mass is 10.3. The van der Waals surface area contributed by atoms with E-state index in [1.807, 2.05) is 17.5 Å². The van der Waals surface area contributed by atoms with Crippen molar-refractivity contribution in [2.75, 3.05) is 0 Å². The summed E-state index contributed by atoms with van der Waals surface area (Å²) in [4.78, 5) is 25.1. The summed E-state index contributed by atoms with van der Waals surface area (Å²) in [7, 11) is 0. The molecule has 0 aliphatic heterocycles. The number of hydrazine groups is 1. The topological polar surface area (TPSA) is 101 Å². The summed E-state index contributed by atoms with van der Waals surface area (Å²) in [5.74, 6) is -0.587. The van der Waals surface area contributed by atoms with Crippen molar-refractivity contribution in [3.63, 3.8) is 0 Å². The highest BCUT2D eigenvalue weighted by Gasteiger charge is 2.17. The molecule has 1 aromatic carbocycles. The van der Waals surface area contributed by atoms with Crippen LogP contribution >= 0.6 is 23.6 Å². The lowest BCUT2D eigenvalue weighted by molar-refractivity contribution is -0.132. The molecular weight excluding hydrogens is 405 g/mol. The van der Waals surface area contributed by atoms with Gasteiger partial charge in [-0.25, -0.2) is 4.39 Å². The number of H-pyrrole nitrogens is 1. The lowest BCUT2D eigenvalue weighted by Gasteiger charge is -2.15. The van der Waals surface area contributed by atoms with E-state index in [0.29, 0.717) is 11.6 Å². The quantitative estimate of drug-likeness (QED) is 0.419. The number of amides is 2. The van der Waals surface area contributed by atoms with Crippen LogP contribution in [0.4, 0.5) is 4.39 Å². The number of nitrogens with zero attached hydrogens (tertiary/aromatic N) is 2. The second kappa shape index (κ2) is 8.76. The van der Waals surface area contributed by atoms with Crippen molar-refractivity contribution in [3.8, 4) is 16.5 Å². The van der Waals surface area contributed by atoms with Gasteiger partial charge in [0.25, 0.3) is 11.8 Å². The number of thiophene rings is 1. The Morgan fingerprint density at radius 1 is 1.32 bits per heavy atom. The summed E-state index contributed by atoms with van der Waals surface area (Å²) >= 11 is 6.62. The minimum Gasteiger partial charge on any atom is -0.481 e. The second-order valence-corrected chi connectivity index (χ2v) is 7.00. The average Bonchev–Trinajstić information content (AvgIpc) is 3.32. The van der Waals surface area contributed by atoms with E-state index < -0.39 is 23.7 Å². The number of halogens is 1. The van der Waals surface area contributed by atoms with Gasteiger partial charge in [0.1, 0.15) is 18.1 Å². The van der Waals surface area contributed by atoms with Crippen molar-refractivity contribution < 1.29 is 18.7 Å². The summed E-state index contributed by atoms with van der Waals surface area (Å²) < 4.78 is 20.1. The van der Waals surface area contributed by atoms with E-state index in [1.54, 1.807) is 0 Å². The number of hydrogen-bond donors (Lipinski definition) is 3. The highest BCUT2D eigenvalue weighted by Crippen LogP contribution is 2.22. The number of carbonyl (C=O) groups is 2. The first-order valence-electron chi connectivity index (χ1n) is 8.14. The predicted molar refractivity (Wildman–Crippen MR) is 104 cm³/mol. The Hall–Kier alpha value is -3.05. The monoisotopic (exact) mass is 421 g/mol. The summed E-state index contributed by atoms with van der Waals surface area (Å²) in [6.07, 6.45) is -0.900. The number of aromatic amines is 1. The number of nitrogens with one attached hydrogen (secondary N) is 3. The second-order valence-electron chi connectivity index (χ2n) is 5.67. The zero-order valence-electron chi connectivity index (χ0n) is 14.6. The summed E-state index contributed by atoms with van der Waals surface area (Å²) in [6, 6.07) is 8.99. The molecular formula is C17H16FN5O3S2. The number of hydrogen-bond acceptors (Lipinski definition) is 6. The molecule has 0 fully saturated rings. The fraction of sp³-hybridized carbons (Fsp3) is 0.176. The molecule has 2 heterocycles. The van der Waals surface area contributed by atoms with Gasteiger partial charge in [-0.05, 0) is 54.9 Å². The Morgan fingerprint density at radius 3 is 2.75 bits per heavy atom. The summed E-state index contributed by atoms with van der Waals surface area (Å²) in [6.45, 7) is 1.38. The van der Waals surface area contributed by atoms with Gasteiger partial charge < -0.3 is 4.74 Å². The van der Waals surface area contributed by atoms with Gasteiger partial charge >= 0.3 is 0 Å². The summed E-state index contributed by atoms with van der Waals surface area (Å²) in [5, 5.41) is 8.67. The Bertz CT molecular complexity index is 1010. The molecule has 0 bridgehead atoms. The minimum absolute atomic E-state index is 0.129. The molecule has 1 unspecified atom stereocenters. The molecule has 1 atom stereocenters. The first-order valence-corrected chi connectivity index (χ1v) is 9.43. The van der Waals surface area contributed by atoms with Crippen molar-refractivity contribution in [2.24, 2.45) is 0 Å². The molecule has 28 heavy (non-hydrogen) atoms. The molecule has 0 spiro atoms. The molecule has 0 aliphatic carbocycles. The first kappa shape index (κ1) is 19.7. The molecule has 2 amide bonds. The van der Waals surface area contributed by atoms with Crippen LogP contribution in [0.2, 0.25) is 0 Å². The van der Waals surface area contributed by atoms with Gasteiger partial charge in [0.2, 0.25) is 0 Å². The van der Waals surface area contributed by atoms with Gasteiger partial charge in [0, 0.05) is 0 Å². The molecule has 3 N–H and O–H groups in total. The van der Waals surface area contributed by atoms with Crippen molar-refractivity contribution in [2.45, 2.75) is 19.6 Å². The molecule has 0 radical (unpaired) electrons. The zero-order valence-corrected chi connectivity index (χ0v) is 16.3. The molecule has 2 aromatic heterocycles. The number of ether oxygens (including phenoxy) is 1. The van der Waals surface area contributed by atoms with Crippen LogP contribution in [0, 0.1) is 10.6 Å². The van der Waals surface area contributed by atoms with Gasteiger partial charge in [0.15, 0.2) is 16.7 Å². The fourth-order valence-corrected chi connectivity index (χ4v) is 3.16. The SMILES string of the molecule is CC(Oc1ccc(F)cc1)C(=O)NNC(=O)Cn1c(-c2cccs2)n[nH]c1=S. The van der Waals surface area contributed by atoms with Crippen LogP contribution in [0.3, 0.4) is 0 Å². The van der Waals surface area contributed by atoms with Crippen molar-refractivity contribution in [1.82, 2.24) is 25.6 Å². The molecule has 3 aromatic rings. The van der Waals surface area contributed by atoms with Gasteiger partial charge in [-0.15, -0.1) is 11.3 Å². The molecule has 8 nitrogen and oxygen atoms in total. The smallest absolute Gasteiger partial charge is 0.279 e. The van der Waals surface area contributed by atoms with Gasteiger partial charge in [0.05, 0.1) is 4.88 Å². The maximum absolute atomic E-state index is 12.9. The Morgan fingerprint density at radius 2 is 2.07 bits per heavy atom. The lowest BCUT2D eigenvalue weighted by Crippen LogP contribution is -2.48. The Labute approximate surface area is 168 Å². The molecule has 3 rings (SSSR count). The normalized spacial score (nSPS) is 11.6. The van der Waals surface area contributed by atoms with E-state index in [9.17, 15) is 14.0 Å². The largest absolute Gasteiger partial charge is 0.481 e. The van der Waals surface area contributed by atoms with Gasteiger partial charge in [-0.1, -0.05) is 6.07 Å². The highest BCUT2D eigenvalue weighted by molar-refractivity contribution is 7.71. The maximum Gasteiger partial charge on any atom is 0.279 e. The van der Waals surface area contributed by atoms with Crippen molar-refractivity contribution in [3.05, 3.63) is 52.4 Å². The predicted octanol–water partition coefficient (Wildman–Crippen LogP) is 2.42. The van der Waals surface area contributed by atoms with Crippen LogP contribution in [0.25, 0.3) is 10.7 Å². The van der Waals surface area contributed by atoms with E-state index in [-0.39, 0.29) is 11.3 Å². The van der Waals surface area contributed by atoms with E-state index in [2.05, 4.69) is 21.0 Å². The van der Waals surface area contributed by atoms with E-state index in [0.717, 1.165) is 4.88 Å². The van der Waals surface area contributed by atoms with Crippen LogP contribution in [-0.4, -0.2) is 32.7 Å². The third-order valence-corrected chi connectivity index (χ3v) is 4.80. The van der Waals surface area contributed by atoms with Crippen LogP contribution in [0.5, 0.6) is 5.75 Å². The summed E-state index contributed by atoms with van der Waals surface area (Å²) in [5.41, 5.74) is 4.60. The molecule has 0 saturated carbocycles.